The van der Waals surface area contributed by atoms with Gasteiger partial charge < -0.3 is 10.2 Å². The van der Waals surface area contributed by atoms with Gasteiger partial charge in [0.05, 0.1) is 11.0 Å². The Morgan fingerprint density at radius 3 is 2.50 bits per heavy atom. The van der Waals surface area contributed by atoms with E-state index in [0.29, 0.717) is 11.3 Å². The Kier molecular flexibility index (Phi) is 3.27. The van der Waals surface area contributed by atoms with Crippen LogP contribution in [0.1, 0.15) is 10.5 Å². The monoisotopic (exact) mass is 267 g/mol. The zero-order chi connectivity index (χ0) is 13.9. The molecule has 0 atom stereocenters. The van der Waals surface area contributed by atoms with Gasteiger partial charge in [-0.3, -0.25) is 4.79 Å². The van der Waals surface area contributed by atoms with Crippen LogP contribution in [0.2, 0.25) is 0 Å². The maximum absolute atomic E-state index is 11.8. The molecule has 1 N–H and O–H groups in total. The van der Waals surface area contributed by atoms with Gasteiger partial charge in [0.15, 0.2) is 11.5 Å². The molecular formula is C14H13N5O. The lowest BCUT2D eigenvalue weighted by Gasteiger charge is -2.29. The lowest BCUT2D eigenvalue weighted by molar-refractivity contribution is 0.105. The Morgan fingerprint density at radius 1 is 1.20 bits per heavy atom. The SMILES string of the molecule is N#CC(=O)c1nc2ccccc2nc1N1CCNCC1. The first kappa shape index (κ1) is 12.5. The fourth-order valence-corrected chi connectivity index (χ4v) is 2.29. The summed E-state index contributed by atoms with van der Waals surface area (Å²) in [5.41, 5.74) is 1.51. The molecule has 2 aromatic rings. The number of nitrogens with one attached hydrogen (secondary N) is 1. The van der Waals surface area contributed by atoms with Crippen LogP contribution in [-0.4, -0.2) is 41.9 Å². The van der Waals surface area contributed by atoms with Gasteiger partial charge in [-0.25, -0.2) is 9.97 Å². The van der Waals surface area contributed by atoms with Crippen molar-refractivity contribution in [3.8, 4) is 6.07 Å². The first-order chi connectivity index (χ1) is 9.79. The average molecular weight is 267 g/mol. The molecule has 100 valence electrons. The van der Waals surface area contributed by atoms with Crippen LogP contribution in [0.15, 0.2) is 24.3 Å². The van der Waals surface area contributed by atoms with E-state index in [2.05, 4.69) is 15.3 Å². The third-order valence-corrected chi connectivity index (χ3v) is 3.29. The molecule has 0 aliphatic carbocycles. The number of nitriles is 1. The zero-order valence-electron chi connectivity index (χ0n) is 10.8. The number of anilines is 1. The van der Waals surface area contributed by atoms with Crippen molar-refractivity contribution in [2.24, 2.45) is 0 Å². The molecule has 0 amide bonds. The summed E-state index contributed by atoms with van der Waals surface area (Å²) in [4.78, 5) is 22.7. The quantitative estimate of drug-likeness (QED) is 0.638. The standard InChI is InChI=1S/C14H13N5O/c15-9-12(20)13-14(19-7-5-16-6-8-19)18-11-4-2-1-3-10(11)17-13/h1-4,16H,5-8H2. The van der Waals surface area contributed by atoms with Gasteiger partial charge >= 0.3 is 0 Å². The number of Topliss-reactive ketones (excluding diaryl/α,β-unsaturated/α-hetero) is 1. The van der Waals surface area contributed by atoms with Crippen molar-refractivity contribution in [3.05, 3.63) is 30.0 Å². The number of aromatic nitrogens is 2. The van der Waals surface area contributed by atoms with E-state index in [-0.39, 0.29) is 5.69 Å². The van der Waals surface area contributed by atoms with Crippen LogP contribution < -0.4 is 10.2 Å². The second-order valence-corrected chi connectivity index (χ2v) is 4.56. The van der Waals surface area contributed by atoms with Gasteiger partial charge in [0.25, 0.3) is 5.78 Å². The number of nitrogens with zero attached hydrogens (tertiary/aromatic N) is 4. The lowest BCUT2D eigenvalue weighted by Crippen LogP contribution is -2.44. The Bertz CT molecular complexity index is 700. The van der Waals surface area contributed by atoms with Gasteiger partial charge in [-0.1, -0.05) is 12.1 Å². The molecule has 0 saturated carbocycles. The summed E-state index contributed by atoms with van der Waals surface area (Å²) < 4.78 is 0. The number of piperazine rings is 1. The predicted molar refractivity (Wildman–Crippen MR) is 74.6 cm³/mol. The Labute approximate surface area is 116 Å². The van der Waals surface area contributed by atoms with E-state index in [9.17, 15) is 4.79 Å². The number of ketones is 1. The van der Waals surface area contributed by atoms with Crippen LogP contribution in [-0.2, 0) is 0 Å². The van der Waals surface area contributed by atoms with E-state index in [1.807, 2.05) is 23.1 Å². The van der Waals surface area contributed by atoms with Gasteiger partial charge in [-0.05, 0) is 12.1 Å². The van der Waals surface area contributed by atoms with Crippen LogP contribution in [0.5, 0.6) is 0 Å². The molecular weight excluding hydrogens is 254 g/mol. The molecule has 0 unspecified atom stereocenters. The van der Waals surface area contributed by atoms with Crippen LogP contribution in [0, 0.1) is 11.3 Å². The Morgan fingerprint density at radius 2 is 1.85 bits per heavy atom. The number of hydrogen-bond acceptors (Lipinski definition) is 6. The first-order valence-corrected chi connectivity index (χ1v) is 6.46. The highest BCUT2D eigenvalue weighted by Gasteiger charge is 2.22. The highest BCUT2D eigenvalue weighted by atomic mass is 16.1. The van der Waals surface area contributed by atoms with E-state index >= 15 is 0 Å². The summed E-state index contributed by atoms with van der Waals surface area (Å²) in [7, 11) is 0. The number of carbonyl (C=O) groups is 1. The Hall–Kier alpha value is -2.52. The van der Waals surface area contributed by atoms with Crippen molar-refractivity contribution >= 4 is 22.6 Å². The van der Waals surface area contributed by atoms with Crippen molar-refractivity contribution in [2.45, 2.75) is 0 Å². The van der Waals surface area contributed by atoms with Crippen molar-refractivity contribution in [1.82, 2.24) is 15.3 Å². The minimum atomic E-state index is -0.642. The summed E-state index contributed by atoms with van der Waals surface area (Å²) in [6, 6.07) is 9.00. The number of carbonyl (C=O) groups excluding carboxylic acids is 1. The molecule has 1 aromatic heterocycles. The third kappa shape index (κ3) is 2.19. The number of rotatable bonds is 2. The van der Waals surface area contributed by atoms with Crippen LogP contribution in [0.25, 0.3) is 11.0 Å². The molecule has 2 heterocycles. The van der Waals surface area contributed by atoms with Gasteiger partial charge in [0.1, 0.15) is 6.07 Å². The van der Waals surface area contributed by atoms with Gasteiger partial charge in [0, 0.05) is 26.2 Å². The summed E-state index contributed by atoms with van der Waals surface area (Å²) in [6.07, 6.45) is 0. The summed E-state index contributed by atoms with van der Waals surface area (Å²) in [6.45, 7) is 3.15. The van der Waals surface area contributed by atoms with E-state index in [1.54, 1.807) is 12.1 Å². The first-order valence-electron chi connectivity index (χ1n) is 6.46. The van der Waals surface area contributed by atoms with Crippen LogP contribution in [0.3, 0.4) is 0 Å². The van der Waals surface area contributed by atoms with E-state index in [1.165, 1.54) is 0 Å². The van der Waals surface area contributed by atoms with E-state index in [0.717, 1.165) is 31.7 Å². The van der Waals surface area contributed by atoms with Crippen LogP contribution >= 0.6 is 0 Å². The van der Waals surface area contributed by atoms with Gasteiger partial charge in [-0.2, -0.15) is 5.26 Å². The minimum absolute atomic E-state index is 0.146. The smallest absolute Gasteiger partial charge is 0.284 e. The fraction of sp³-hybridized carbons (Fsp3) is 0.286. The topological polar surface area (TPSA) is 81.9 Å². The fourth-order valence-electron chi connectivity index (χ4n) is 2.29. The van der Waals surface area contributed by atoms with E-state index < -0.39 is 5.78 Å². The molecule has 3 rings (SSSR count). The van der Waals surface area contributed by atoms with E-state index in [4.69, 9.17) is 5.26 Å². The molecule has 6 heteroatoms. The number of benzene rings is 1. The third-order valence-electron chi connectivity index (χ3n) is 3.29. The van der Waals surface area contributed by atoms with Crippen molar-refractivity contribution in [1.29, 1.82) is 5.26 Å². The molecule has 20 heavy (non-hydrogen) atoms. The van der Waals surface area contributed by atoms with Crippen molar-refractivity contribution < 1.29 is 4.79 Å². The van der Waals surface area contributed by atoms with Gasteiger partial charge in [-0.15, -0.1) is 0 Å². The zero-order valence-corrected chi connectivity index (χ0v) is 10.8. The molecule has 1 aliphatic heterocycles. The number of hydrogen-bond donors (Lipinski definition) is 1. The average Bonchev–Trinajstić information content (AvgIpc) is 2.53. The molecule has 1 saturated heterocycles. The second kappa shape index (κ2) is 5.23. The second-order valence-electron chi connectivity index (χ2n) is 4.56. The lowest BCUT2D eigenvalue weighted by atomic mass is 10.2. The molecule has 1 fully saturated rings. The maximum atomic E-state index is 11.8. The summed E-state index contributed by atoms with van der Waals surface area (Å²) in [5.74, 6) is -0.131. The minimum Gasteiger partial charge on any atom is -0.352 e. The summed E-state index contributed by atoms with van der Waals surface area (Å²) in [5, 5.41) is 12.1. The highest BCUT2D eigenvalue weighted by Crippen LogP contribution is 2.21. The Balaban J connectivity index is 2.16. The number of fused-ring (bicyclic) bond motifs is 1. The largest absolute Gasteiger partial charge is 0.352 e. The van der Waals surface area contributed by atoms with Crippen molar-refractivity contribution in [3.63, 3.8) is 0 Å². The molecule has 0 bridgehead atoms. The maximum Gasteiger partial charge on any atom is 0.284 e. The number of para-hydroxylation sites is 2. The van der Waals surface area contributed by atoms with Gasteiger partial charge in [0.2, 0.25) is 0 Å². The van der Waals surface area contributed by atoms with Crippen molar-refractivity contribution in [2.75, 3.05) is 31.1 Å². The normalized spacial score (nSPS) is 15.1. The highest BCUT2D eigenvalue weighted by molar-refractivity contribution is 6.10. The molecule has 1 aliphatic rings. The van der Waals surface area contributed by atoms with Crippen LogP contribution in [0.4, 0.5) is 5.82 Å². The molecule has 6 nitrogen and oxygen atoms in total. The predicted octanol–water partition coefficient (Wildman–Crippen LogP) is 0.746. The molecule has 0 radical (unpaired) electrons. The molecule has 1 aromatic carbocycles. The summed E-state index contributed by atoms with van der Waals surface area (Å²) >= 11 is 0. The molecule has 0 spiro atoms.